The lowest BCUT2D eigenvalue weighted by molar-refractivity contribution is -0.122. The Bertz CT molecular complexity index is 593. The Morgan fingerprint density at radius 1 is 1.10 bits per heavy atom. The van der Waals surface area contributed by atoms with Gasteiger partial charge < -0.3 is 10.1 Å². The van der Waals surface area contributed by atoms with E-state index in [2.05, 4.69) is 5.32 Å². The van der Waals surface area contributed by atoms with Crippen LogP contribution in [-0.2, 0) is 4.79 Å². The average molecular weight is 269 g/mol. The van der Waals surface area contributed by atoms with Crippen molar-refractivity contribution in [1.82, 2.24) is 0 Å². The molecule has 2 rings (SSSR count). The Morgan fingerprint density at radius 3 is 2.45 bits per heavy atom. The molecule has 1 unspecified atom stereocenters. The normalized spacial score (nSPS) is 11.8. The van der Waals surface area contributed by atoms with Gasteiger partial charge in [0.15, 0.2) is 6.10 Å². The molecule has 0 aliphatic rings. The van der Waals surface area contributed by atoms with Crippen LogP contribution < -0.4 is 10.1 Å². The molecule has 20 heavy (non-hydrogen) atoms. The van der Waals surface area contributed by atoms with Gasteiger partial charge in [-0.15, -0.1) is 0 Å². The van der Waals surface area contributed by atoms with Crippen molar-refractivity contribution in [2.75, 3.05) is 5.32 Å². The number of aryl methyl sites for hydroxylation is 2. The molecule has 1 N–H and O–H groups in total. The van der Waals surface area contributed by atoms with E-state index < -0.39 is 6.10 Å². The Balaban J connectivity index is 2.00. The monoisotopic (exact) mass is 269 g/mol. The molecule has 1 amide bonds. The van der Waals surface area contributed by atoms with Crippen molar-refractivity contribution in [3.05, 3.63) is 59.7 Å². The van der Waals surface area contributed by atoms with Gasteiger partial charge >= 0.3 is 0 Å². The molecule has 2 aromatic carbocycles. The molecule has 0 bridgehead atoms. The van der Waals surface area contributed by atoms with Crippen LogP contribution >= 0.6 is 0 Å². The highest BCUT2D eigenvalue weighted by Gasteiger charge is 2.15. The molecule has 3 heteroatoms. The van der Waals surface area contributed by atoms with E-state index in [9.17, 15) is 4.79 Å². The Labute approximate surface area is 119 Å². The smallest absolute Gasteiger partial charge is 0.265 e. The first kappa shape index (κ1) is 14.1. The van der Waals surface area contributed by atoms with Crippen LogP contribution in [0.25, 0.3) is 0 Å². The van der Waals surface area contributed by atoms with E-state index in [1.54, 1.807) is 6.92 Å². The number of amides is 1. The van der Waals surface area contributed by atoms with Gasteiger partial charge in [-0.2, -0.15) is 0 Å². The maximum absolute atomic E-state index is 12.1. The quantitative estimate of drug-likeness (QED) is 0.919. The van der Waals surface area contributed by atoms with Gasteiger partial charge in [-0.25, -0.2) is 0 Å². The molecular weight excluding hydrogens is 250 g/mol. The molecule has 0 spiro atoms. The summed E-state index contributed by atoms with van der Waals surface area (Å²) in [5.74, 6) is 0.586. The topological polar surface area (TPSA) is 38.3 Å². The number of anilines is 1. The van der Waals surface area contributed by atoms with Crippen molar-refractivity contribution in [2.24, 2.45) is 0 Å². The second-order valence-corrected chi connectivity index (χ2v) is 4.88. The molecular formula is C17H19NO2. The molecule has 104 valence electrons. The van der Waals surface area contributed by atoms with Gasteiger partial charge in [-0.05, 0) is 44.5 Å². The predicted molar refractivity (Wildman–Crippen MR) is 81.1 cm³/mol. The Kier molecular flexibility index (Phi) is 4.41. The summed E-state index contributed by atoms with van der Waals surface area (Å²) in [5, 5.41) is 2.83. The summed E-state index contributed by atoms with van der Waals surface area (Å²) >= 11 is 0. The number of carbonyl (C=O) groups excluding carboxylic acids is 1. The van der Waals surface area contributed by atoms with Gasteiger partial charge in [-0.1, -0.05) is 35.9 Å². The lowest BCUT2D eigenvalue weighted by Crippen LogP contribution is -2.30. The first-order chi connectivity index (χ1) is 9.56. The fourth-order valence-corrected chi connectivity index (χ4v) is 1.94. The molecule has 0 aromatic heterocycles. The van der Waals surface area contributed by atoms with E-state index in [0.29, 0.717) is 0 Å². The summed E-state index contributed by atoms with van der Waals surface area (Å²) in [5.41, 5.74) is 2.98. The number of ether oxygens (including phenoxy) is 1. The summed E-state index contributed by atoms with van der Waals surface area (Å²) < 4.78 is 5.72. The molecule has 0 aliphatic carbocycles. The second-order valence-electron chi connectivity index (χ2n) is 4.88. The number of rotatable bonds is 4. The van der Waals surface area contributed by atoms with Crippen molar-refractivity contribution < 1.29 is 9.53 Å². The summed E-state index contributed by atoms with van der Waals surface area (Å²) in [6.45, 7) is 5.75. The molecule has 1 atom stereocenters. The summed E-state index contributed by atoms with van der Waals surface area (Å²) in [6, 6.07) is 15.3. The Hall–Kier alpha value is -2.29. The summed E-state index contributed by atoms with van der Waals surface area (Å²) in [7, 11) is 0. The number of hydrogen-bond acceptors (Lipinski definition) is 2. The number of nitrogens with one attached hydrogen (secondary N) is 1. The van der Waals surface area contributed by atoms with Crippen LogP contribution in [0.3, 0.4) is 0 Å². The second kappa shape index (κ2) is 6.24. The third kappa shape index (κ3) is 3.60. The predicted octanol–water partition coefficient (Wildman–Crippen LogP) is 3.71. The summed E-state index contributed by atoms with van der Waals surface area (Å²) in [4.78, 5) is 12.1. The Morgan fingerprint density at radius 2 is 1.80 bits per heavy atom. The minimum atomic E-state index is -0.545. The van der Waals surface area contributed by atoms with Crippen molar-refractivity contribution in [2.45, 2.75) is 26.9 Å². The molecule has 0 fully saturated rings. The minimum Gasteiger partial charge on any atom is -0.481 e. The van der Waals surface area contributed by atoms with Crippen LogP contribution in [0.5, 0.6) is 5.75 Å². The van der Waals surface area contributed by atoms with E-state index >= 15 is 0 Å². The van der Waals surface area contributed by atoms with Crippen LogP contribution in [-0.4, -0.2) is 12.0 Å². The number of benzene rings is 2. The number of para-hydroxylation sites is 1. The summed E-state index contributed by atoms with van der Waals surface area (Å²) in [6.07, 6.45) is -0.545. The molecule has 0 aliphatic heterocycles. The van der Waals surface area contributed by atoms with Gasteiger partial charge in [0.2, 0.25) is 0 Å². The largest absolute Gasteiger partial charge is 0.481 e. The standard InChI is InChI=1S/C17H19NO2/c1-12-9-10-16(13(2)11-12)20-14(3)17(19)18-15-7-5-4-6-8-15/h4-11,14H,1-3H3,(H,18,19). The highest BCUT2D eigenvalue weighted by molar-refractivity contribution is 5.94. The molecule has 0 heterocycles. The van der Waals surface area contributed by atoms with Crippen molar-refractivity contribution >= 4 is 11.6 Å². The molecule has 0 radical (unpaired) electrons. The third-order valence-electron chi connectivity index (χ3n) is 3.04. The van der Waals surface area contributed by atoms with Gasteiger partial charge in [0.1, 0.15) is 5.75 Å². The van der Waals surface area contributed by atoms with Crippen LogP contribution in [0.15, 0.2) is 48.5 Å². The maximum Gasteiger partial charge on any atom is 0.265 e. The lowest BCUT2D eigenvalue weighted by atomic mass is 10.1. The van der Waals surface area contributed by atoms with E-state index in [4.69, 9.17) is 4.74 Å². The highest BCUT2D eigenvalue weighted by Crippen LogP contribution is 2.20. The first-order valence-corrected chi connectivity index (χ1v) is 6.66. The highest BCUT2D eigenvalue weighted by atomic mass is 16.5. The zero-order valence-corrected chi connectivity index (χ0v) is 12.0. The minimum absolute atomic E-state index is 0.156. The third-order valence-corrected chi connectivity index (χ3v) is 3.04. The van der Waals surface area contributed by atoms with Gasteiger partial charge in [0.05, 0.1) is 0 Å². The average Bonchev–Trinajstić information content (AvgIpc) is 2.43. The van der Waals surface area contributed by atoms with Crippen LogP contribution in [0.2, 0.25) is 0 Å². The first-order valence-electron chi connectivity index (χ1n) is 6.66. The van der Waals surface area contributed by atoms with Crippen LogP contribution in [0.1, 0.15) is 18.1 Å². The van der Waals surface area contributed by atoms with Gasteiger partial charge in [-0.3, -0.25) is 4.79 Å². The SMILES string of the molecule is Cc1ccc(OC(C)C(=O)Nc2ccccc2)c(C)c1. The zero-order valence-electron chi connectivity index (χ0n) is 12.0. The molecule has 0 saturated carbocycles. The van der Waals surface area contributed by atoms with Crippen molar-refractivity contribution in [3.63, 3.8) is 0 Å². The molecule has 2 aromatic rings. The van der Waals surface area contributed by atoms with Gasteiger partial charge in [0, 0.05) is 5.69 Å². The van der Waals surface area contributed by atoms with Crippen LogP contribution in [0.4, 0.5) is 5.69 Å². The fraction of sp³-hybridized carbons (Fsp3) is 0.235. The number of carbonyl (C=O) groups is 1. The number of hydrogen-bond donors (Lipinski definition) is 1. The van der Waals surface area contributed by atoms with E-state index in [1.807, 2.05) is 62.4 Å². The fourth-order valence-electron chi connectivity index (χ4n) is 1.94. The van der Waals surface area contributed by atoms with E-state index in [-0.39, 0.29) is 5.91 Å². The van der Waals surface area contributed by atoms with E-state index in [1.165, 1.54) is 5.56 Å². The van der Waals surface area contributed by atoms with Crippen molar-refractivity contribution in [1.29, 1.82) is 0 Å². The van der Waals surface area contributed by atoms with Crippen LogP contribution in [0, 0.1) is 13.8 Å². The van der Waals surface area contributed by atoms with E-state index in [0.717, 1.165) is 17.0 Å². The van der Waals surface area contributed by atoms with Crippen molar-refractivity contribution in [3.8, 4) is 5.75 Å². The zero-order chi connectivity index (χ0) is 14.5. The molecule has 3 nitrogen and oxygen atoms in total. The maximum atomic E-state index is 12.1. The molecule has 0 saturated heterocycles. The lowest BCUT2D eigenvalue weighted by Gasteiger charge is -2.16. The van der Waals surface area contributed by atoms with Gasteiger partial charge in [0.25, 0.3) is 5.91 Å².